The molecular weight excluding hydrogens is 279 g/mol. The van der Waals surface area contributed by atoms with Crippen LogP contribution in [0.25, 0.3) is 0 Å². The van der Waals surface area contributed by atoms with Gasteiger partial charge in [-0.1, -0.05) is 44.3 Å². The molecular formula is C15H28Cl2Si. The fourth-order valence-electron chi connectivity index (χ4n) is 2.01. The molecule has 0 rings (SSSR count). The molecule has 0 fully saturated rings. The molecule has 0 bridgehead atoms. The van der Waals surface area contributed by atoms with E-state index in [4.69, 9.17) is 22.2 Å². The summed E-state index contributed by atoms with van der Waals surface area (Å²) in [5.74, 6) is 0. The number of halogens is 2. The maximum Gasteiger partial charge on any atom is 0.251 e. The monoisotopic (exact) mass is 306 g/mol. The molecule has 0 heterocycles. The molecule has 0 aromatic heterocycles. The molecule has 3 heteroatoms. The van der Waals surface area contributed by atoms with Crippen LogP contribution in [0.15, 0.2) is 25.3 Å². The SMILES string of the molecule is C=CCCCCCCCC[Si](Cl)(Cl)CCCC=C. The molecule has 0 unspecified atom stereocenters. The molecule has 0 amide bonds. The Bertz CT molecular complexity index is 215. The lowest BCUT2D eigenvalue weighted by Gasteiger charge is -2.15. The van der Waals surface area contributed by atoms with E-state index in [0.717, 1.165) is 31.4 Å². The Hall–Kier alpha value is 0.277. The van der Waals surface area contributed by atoms with E-state index in [1.54, 1.807) is 0 Å². The topological polar surface area (TPSA) is 0 Å². The van der Waals surface area contributed by atoms with Crippen molar-refractivity contribution in [2.45, 2.75) is 69.9 Å². The molecule has 0 aliphatic heterocycles. The first-order valence-electron chi connectivity index (χ1n) is 7.22. The van der Waals surface area contributed by atoms with Crippen molar-refractivity contribution < 1.29 is 0 Å². The largest absolute Gasteiger partial charge is 0.251 e. The summed E-state index contributed by atoms with van der Waals surface area (Å²) in [6.07, 6.45) is 15.0. The molecule has 0 aliphatic rings. The van der Waals surface area contributed by atoms with E-state index >= 15 is 0 Å². The Kier molecular flexibility index (Phi) is 12.5. The molecule has 0 saturated heterocycles. The van der Waals surface area contributed by atoms with E-state index in [-0.39, 0.29) is 0 Å². The quantitative estimate of drug-likeness (QED) is 0.152. The normalized spacial score (nSPS) is 11.4. The Morgan fingerprint density at radius 2 is 1.11 bits per heavy atom. The number of unbranched alkanes of at least 4 members (excludes halogenated alkanes) is 7. The zero-order valence-electron chi connectivity index (χ0n) is 11.6. The standard InChI is InChI=1S/C15H28Cl2Si/c1-3-5-7-8-9-10-11-13-15-18(16,17)14-12-6-4-2/h3-4H,1-2,5-15H2. The average Bonchev–Trinajstić information content (AvgIpc) is 2.33. The van der Waals surface area contributed by atoms with Crippen molar-refractivity contribution in [1.82, 2.24) is 0 Å². The van der Waals surface area contributed by atoms with Crippen molar-refractivity contribution in [3.8, 4) is 0 Å². The zero-order valence-corrected chi connectivity index (χ0v) is 14.1. The van der Waals surface area contributed by atoms with E-state index in [1.165, 1.54) is 38.5 Å². The Balaban J connectivity index is 3.35. The summed E-state index contributed by atoms with van der Waals surface area (Å²) >= 11 is 12.8. The lowest BCUT2D eigenvalue weighted by Crippen LogP contribution is -2.17. The van der Waals surface area contributed by atoms with Gasteiger partial charge in [-0.25, -0.2) is 0 Å². The number of hydrogen-bond acceptors (Lipinski definition) is 0. The van der Waals surface area contributed by atoms with Crippen LogP contribution in [-0.2, 0) is 0 Å². The fourth-order valence-corrected chi connectivity index (χ4v) is 5.35. The van der Waals surface area contributed by atoms with Crippen LogP contribution in [0, 0.1) is 0 Å². The number of hydrogen-bond donors (Lipinski definition) is 0. The van der Waals surface area contributed by atoms with Crippen LogP contribution in [0.2, 0.25) is 12.1 Å². The van der Waals surface area contributed by atoms with Crippen molar-refractivity contribution >= 4 is 28.9 Å². The minimum atomic E-state index is -1.94. The van der Waals surface area contributed by atoms with Crippen molar-refractivity contribution in [3.63, 3.8) is 0 Å². The molecule has 0 spiro atoms. The van der Waals surface area contributed by atoms with Gasteiger partial charge in [-0.2, -0.15) is 0 Å². The van der Waals surface area contributed by atoms with E-state index in [1.807, 2.05) is 12.2 Å². The number of allylic oxidation sites excluding steroid dienone is 2. The van der Waals surface area contributed by atoms with Crippen LogP contribution in [0.1, 0.15) is 57.8 Å². The molecule has 0 aromatic rings. The highest BCUT2D eigenvalue weighted by molar-refractivity contribution is 7.45. The van der Waals surface area contributed by atoms with E-state index < -0.39 is 6.69 Å². The second kappa shape index (κ2) is 12.3. The van der Waals surface area contributed by atoms with Crippen molar-refractivity contribution in [1.29, 1.82) is 0 Å². The van der Waals surface area contributed by atoms with E-state index in [2.05, 4.69) is 13.2 Å². The summed E-state index contributed by atoms with van der Waals surface area (Å²) in [6, 6.07) is 2.07. The highest BCUT2D eigenvalue weighted by Crippen LogP contribution is 2.30. The molecule has 0 saturated carbocycles. The second-order valence-corrected chi connectivity index (χ2v) is 12.6. The Morgan fingerprint density at radius 1 is 0.667 bits per heavy atom. The van der Waals surface area contributed by atoms with Gasteiger partial charge in [-0.15, -0.1) is 35.3 Å². The predicted molar refractivity (Wildman–Crippen MR) is 89.0 cm³/mol. The molecule has 0 aromatic carbocycles. The van der Waals surface area contributed by atoms with Gasteiger partial charge in [-0.05, 0) is 37.8 Å². The van der Waals surface area contributed by atoms with Gasteiger partial charge in [0.2, 0.25) is 0 Å². The lowest BCUT2D eigenvalue weighted by atomic mass is 10.1. The summed E-state index contributed by atoms with van der Waals surface area (Å²) in [7, 11) is 0. The smallest absolute Gasteiger partial charge is 0.146 e. The van der Waals surface area contributed by atoms with Crippen molar-refractivity contribution in [2.75, 3.05) is 0 Å². The van der Waals surface area contributed by atoms with E-state index in [9.17, 15) is 0 Å². The van der Waals surface area contributed by atoms with Crippen LogP contribution in [0.4, 0.5) is 0 Å². The molecule has 0 atom stereocenters. The molecule has 18 heavy (non-hydrogen) atoms. The average molecular weight is 307 g/mol. The van der Waals surface area contributed by atoms with Crippen LogP contribution >= 0.6 is 22.2 Å². The third-order valence-corrected chi connectivity index (χ3v) is 7.59. The van der Waals surface area contributed by atoms with Crippen molar-refractivity contribution in [2.24, 2.45) is 0 Å². The molecule has 0 aliphatic carbocycles. The summed E-state index contributed by atoms with van der Waals surface area (Å²) in [5.41, 5.74) is 0. The fraction of sp³-hybridized carbons (Fsp3) is 0.733. The predicted octanol–water partition coefficient (Wildman–Crippen LogP) is 6.79. The Morgan fingerprint density at radius 3 is 1.72 bits per heavy atom. The highest BCUT2D eigenvalue weighted by Gasteiger charge is 2.26. The highest BCUT2D eigenvalue weighted by atomic mass is 35.7. The summed E-state index contributed by atoms with van der Waals surface area (Å²) in [5, 5.41) is 0. The maximum atomic E-state index is 6.41. The lowest BCUT2D eigenvalue weighted by molar-refractivity contribution is 0.610. The zero-order chi connectivity index (χ0) is 13.7. The minimum Gasteiger partial charge on any atom is -0.146 e. The van der Waals surface area contributed by atoms with Gasteiger partial charge < -0.3 is 0 Å². The Labute approximate surface area is 124 Å². The molecule has 0 nitrogen and oxygen atoms in total. The maximum absolute atomic E-state index is 6.41. The summed E-state index contributed by atoms with van der Waals surface area (Å²) < 4.78 is 0. The van der Waals surface area contributed by atoms with Gasteiger partial charge in [0.25, 0.3) is 6.69 Å². The first kappa shape index (κ1) is 18.3. The van der Waals surface area contributed by atoms with Gasteiger partial charge in [0.15, 0.2) is 0 Å². The second-order valence-electron chi connectivity index (χ2n) is 4.99. The van der Waals surface area contributed by atoms with Crippen LogP contribution in [0.3, 0.4) is 0 Å². The molecule has 0 N–H and O–H groups in total. The van der Waals surface area contributed by atoms with Gasteiger partial charge in [-0.3, -0.25) is 0 Å². The molecule has 106 valence electrons. The van der Waals surface area contributed by atoms with E-state index in [0.29, 0.717) is 0 Å². The third-order valence-electron chi connectivity index (χ3n) is 3.15. The minimum absolute atomic E-state index is 1.02. The van der Waals surface area contributed by atoms with Crippen molar-refractivity contribution in [3.05, 3.63) is 25.3 Å². The first-order valence-corrected chi connectivity index (χ1v) is 11.7. The van der Waals surface area contributed by atoms with Gasteiger partial charge in [0.1, 0.15) is 0 Å². The van der Waals surface area contributed by atoms with Gasteiger partial charge in [0, 0.05) is 0 Å². The van der Waals surface area contributed by atoms with Gasteiger partial charge in [0.05, 0.1) is 0 Å². The summed E-state index contributed by atoms with van der Waals surface area (Å²) in [4.78, 5) is 0. The van der Waals surface area contributed by atoms with Gasteiger partial charge >= 0.3 is 0 Å². The van der Waals surface area contributed by atoms with Crippen LogP contribution in [0.5, 0.6) is 0 Å². The third kappa shape index (κ3) is 12.7. The number of rotatable bonds is 13. The van der Waals surface area contributed by atoms with Crippen LogP contribution < -0.4 is 0 Å². The first-order chi connectivity index (χ1) is 8.62. The van der Waals surface area contributed by atoms with Crippen LogP contribution in [-0.4, -0.2) is 6.69 Å². The molecule has 0 radical (unpaired) electrons. The summed E-state index contributed by atoms with van der Waals surface area (Å²) in [6.45, 7) is 5.52.